The van der Waals surface area contributed by atoms with Gasteiger partial charge in [0.2, 0.25) is 0 Å². The number of nitro groups is 1. The summed E-state index contributed by atoms with van der Waals surface area (Å²) >= 11 is 0. The van der Waals surface area contributed by atoms with Gasteiger partial charge in [0.1, 0.15) is 0 Å². The van der Waals surface area contributed by atoms with Crippen molar-refractivity contribution in [3.63, 3.8) is 0 Å². The predicted octanol–water partition coefficient (Wildman–Crippen LogP) is 2.93. The molecular formula is C15H22N2O4. The average Bonchev–Trinajstić information content (AvgIpc) is 2.35. The maximum Gasteiger partial charge on any atom is 0.310 e. The van der Waals surface area contributed by atoms with Gasteiger partial charge in [-0.1, -0.05) is 6.07 Å². The lowest BCUT2D eigenvalue weighted by Crippen LogP contribution is -2.44. The average molecular weight is 294 g/mol. The van der Waals surface area contributed by atoms with Crippen LogP contribution in [0.4, 0.5) is 5.69 Å². The first-order chi connectivity index (χ1) is 9.73. The van der Waals surface area contributed by atoms with Crippen LogP contribution in [-0.2, 0) is 4.79 Å². The minimum Gasteiger partial charge on any atom is -0.477 e. The Morgan fingerprint density at radius 1 is 1.29 bits per heavy atom. The van der Waals surface area contributed by atoms with E-state index in [9.17, 15) is 14.9 Å². The van der Waals surface area contributed by atoms with E-state index in [-0.39, 0.29) is 36.0 Å². The summed E-state index contributed by atoms with van der Waals surface area (Å²) in [5.41, 5.74) is 0.710. The Bertz CT molecular complexity index is 518. The molecule has 1 aromatic rings. The molecule has 0 spiro atoms. The van der Waals surface area contributed by atoms with Crippen molar-refractivity contribution in [1.82, 2.24) is 4.90 Å². The lowest BCUT2D eigenvalue weighted by Gasteiger charge is -2.30. The minimum atomic E-state index is -0.512. The number of carbonyl (C=O) groups is 1. The van der Waals surface area contributed by atoms with Crippen LogP contribution in [0.1, 0.15) is 33.3 Å². The second-order valence-corrected chi connectivity index (χ2v) is 5.51. The van der Waals surface area contributed by atoms with Gasteiger partial charge < -0.3 is 9.64 Å². The van der Waals surface area contributed by atoms with Gasteiger partial charge in [0.05, 0.1) is 4.92 Å². The van der Waals surface area contributed by atoms with E-state index in [1.54, 1.807) is 17.0 Å². The molecule has 0 aliphatic carbocycles. The Hall–Kier alpha value is -2.11. The fourth-order valence-electron chi connectivity index (χ4n) is 2.27. The summed E-state index contributed by atoms with van der Waals surface area (Å²) in [6.45, 7) is 9.30. The number of ether oxygens (including phenoxy) is 1. The Morgan fingerprint density at radius 2 is 1.86 bits per heavy atom. The molecular weight excluding hydrogens is 272 g/mol. The van der Waals surface area contributed by atoms with Crippen LogP contribution in [-0.4, -0.2) is 34.4 Å². The van der Waals surface area contributed by atoms with Crippen molar-refractivity contribution in [2.75, 3.05) is 6.61 Å². The van der Waals surface area contributed by atoms with Crippen molar-refractivity contribution >= 4 is 11.6 Å². The van der Waals surface area contributed by atoms with Crippen molar-refractivity contribution in [3.05, 3.63) is 33.9 Å². The molecule has 1 rings (SSSR count). The molecule has 21 heavy (non-hydrogen) atoms. The Balaban J connectivity index is 2.86. The second kappa shape index (κ2) is 7.06. The molecule has 0 atom stereocenters. The largest absolute Gasteiger partial charge is 0.477 e. The first-order valence-electron chi connectivity index (χ1n) is 6.93. The SMILES string of the molecule is Cc1ccc([N+](=O)[O-])c(OCC(=O)N(C(C)C)C(C)C)c1. The zero-order chi connectivity index (χ0) is 16.2. The fraction of sp³-hybridized carbons (Fsp3) is 0.533. The third-order valence-electron chi connectivity index (χ3n) is 3.06. The molecule has 0 aliphatic heterocycles. The number of nitrogens with zero attached hydrogens (tertiary/aromatic N) is 2. The maximum absolute atomic E-state index is 12.2. The molecule has 1 aromatic carbocycles. The van der Waals surface area contributed by atoms with E-state index in [0.717, 1.165) is 5.56 Å². The normalized spacial score (nSPS) is 10.8. The molecule has 0 N–H and O–H groups in total. The summed E-state index contributed by atoms with van der Waals surface area (Å²) in [5, 5.41) is 11.0. The van der Waals surface area contributed by atoms with E-state index in [0.29, 0.717) is 0 Å². The highest BCUT2D eigenvalue weighted by molar-refractivity contribution is 5.78. The number of carbonyl (C=O) groups excluding carboxylic acids is 1. The number of hydrogen-bond donors (Lipinski definition) is 0. The minimum absolute atomic E-state index is 0.0496. The van der Waals surface area contributed by atoms with E-state index < -0.39 is 4.92 Å². The van der Waals surface area contributed by atoms with Crippen LogP contribution >= 0.6 is 0 Å². The lowest BCUT2D eigenvalue weighted by atomic mass is 10.2. The van der Waals surface area contributed by atoms with E-state index in [4.69, 9.17) is 4.74 Å². The van der Waals surface area contributed by atoms with Crippen LogP contribution < -0.4 is 4.74 Å². The third kappa shape index (κ3) is 4.44. The predicted molar refractivity (Wildman–Crippen MR) is 80.4 cm³/mol. The monoisotopic (exact) mass is 294 g/mol. The van der Waals surface area contributed by atoms with E-state index in [1.165, 1.54) is 6.07 Å². The number of amides is 1. The molecule has 0 radical (unpaired) electrons. The Kier molecular flexibility index (Phi) is 5.69. The number of rotatable bonds is 6. The zero-order valence-corrected chi connectivity index (χ0v) is 13.1. The van der Waals surface area contributed by atoms with Crippen LogP contribution in [0.2, 0.25) is 0 Å². The molecule has 116 valence electrons. The van der Waals surface area contributed by atoms with Crippen LogP contribution in [0.3, 0.4) is 0 Å². The molecule has 1 amide bonds. The summed E-state index contributed by atoms with van der Waals surface area (Å²) in [5.74, 6) is -0.0587. The number of hydrogen-bond acceptors (Lipinski definition) is 4. The highest BCUT2D eigenvalue weighted by atomic mass is 16.6. The van der Waals surface area contributed by atoms with Crippen LogP contribution in [0, 0.1) is 17.0 Å². The van der Waals surface area contributed by atoms with E-state index in [2.05, 4.69) is 0 Å². The van der Waals surface area contributed by atoms with Gasteiger partial charge >= 0.3 is 5.69 Å². The maximum atomic E-state index is 12.2. The number of benzene rings is 1. The summed E-state index contributed by atoms with van der Waals surface area (Å²) in [6, 6.07) is 4.70. The topological polar surface area (TPSA) is 72.7 Å². The van der Waals surface area contributed by atoms with Gasteiger partial charge in [-0.25, -0.2) is 0 Å². The molecule has 0 saturated heterocycles. The van der Waals surface area contributed by atoms with Crippen LogP contribution in [0.5, 0.6) is 5.75 Å². The van der Waals surface area contributed by atoms with Gasteiger partial charge in [-0.2, -0.15) is 0 Å². The smallest absolute Gasteiger partial charge is 0.310 e. The van der Waals surface area contributed by atoms with E-state index >= 15 is 0 Å². The molecule has 0 aromatic heterocycles. The quantitative estimate of drug-likeness (QED) is 0.597. The van der Waals surface area contributed by atoms with Crippen LogP contribution in [0.25, 0.3) is 0 Å². The van der Waals surface area contributed by atoms with Crippen molar-refractivity contribution < 1.29 is 14.5 Å². The Morgan fingerprint density at radius 3 is 2.33 bits per heavy atom. The van der Waals surface area contributed by atoms with Crippen LogP contribution in [0.15, 0.2) is 18.2 Å². The zero-order valence-electron chi connectivity index (χ0n) is 13.1. The number of aryl methyl sites for hydroxylation is 1. The summed E-state index contributed by atoms with van der Waals surface area (Å²) in [7, 11) is 0. The fourth-order valence-corrected chi connectivity index (χ4v) is 2.27. The van der Waals surface area contributed by atoms with Crippen molar-refractivity contribution in [1.29, 1.82) is 0 Å². The van der Waals surface area contributed by atoms with E-state index in [1.807, 2.05) is 34.6 Å². The first kappa shape index (κ1) is 16.9. The van der Waals surface area contributed by atoms with Crippen molar-refractivity contribution in [3.8, 4) is 5.75 Å². The molecule has 6 heteroatoms. The molecule has 6 nitrogen and oxygen atoms in total. The lowest BCUT2D eigenvalue weighted by molar-refractivity contribution is -0.385. The van der Waals surface area contributed by atoms with Gasteiger partial charge in [0.25, 0.3) is 5.91 Å². The van der Waals surface area contributed by atoms with Crippen molar-refractivity contribution in [2.24, 2.45) is 0 Å². The summed E-state index contributed by atoms with van der Waals surface area (Å²) in [6.07, 6.45) is 0. The third-order valence-corrected chi connectivity index (χ3v) is 3.06. The van der Waals surface area contributed by atoms with Gasteiger partial charge in [-0.15, -0.1) is 0 Å². The second-order valence-electron chi connectivity index (χ2n) is 5.51. The molecule has 0 saturated carbocycles. The highest BCUT2D eigenvalue weighted by Gasteiger charge is 2.22. The van der Waals surface area contributed by atoms with Gasteiger partial charge in [0, 0.05) is 18.2 Å². The van der Waals surface area contributed by atoms with Crippen molar-refractivity contribution in [2.45, 2.75) is 46.7 Å². The van der Waals surface area contributed by atoms with Gasteiger partial charge in [-0.05, 0) is 46.2 Å². The Labute approximate surface area is 124 Å². The summed E-state index contributed by atoms with van der Waals surface area (Å²) in [4.78, 5) is 24.3. The van der Waals surface area contributed by atoms with Gasteiger partial charge in [-0.3, -0.25) is 14.9 Å². The molecule has 0 bridgehead atoms. The molecule has 0 unspecified atom stereocenters. The highest BCUT2D eigenvalue weighted by Crippen LogP contribution is 2.27. The van der Waals surface area contributed by atoms with Gasteiger partial charge in [0.15, 0.2) is 12.4 Å². The summed E-state index contributed by atoms with van der Waals surface area (Å²) < 4.78 is 5.39. The molecule has 0 aliphatic rings. The molecule has 0 fully saturated rings. The first-order valence-corrected chi connectivity index (χ1v) is 6.93. The standard InChI is InChI=1S/C15H22N2O4/c1-10(2)16(11(3)4)15(18)9-21-14-8-12(5)6-7-13(14)17(19)20/h6-8,10-11H,9H2,1-5H3. The number of nitro benzene ring substituents is 1. The molecule has 0 heterocycles.